The van der Waals surface area contributed by atoms with Crippen LogP contribution in [-0.2, 0) is 59.1 Å². The van der Waals surface area contributed by atoms with Gasteiger partial charge in [0, 0.05) is 18.4 Å². The van der Waals surface area contributed by atoms with Gasteiger partial charge in [-0.3, -0.25) is 19.2 Å². The zero-order valence-electron chi connectivity index (χ0n) is 40.2. The average Bonchev–Trinajstić information content (AvgIpc) is 3.34. The standard InChI is InChI=1S/C57H65NO10/c1-6-9-38-13-17-40(18-14-38)21-33-49(59)65-45-27-23-42(24-28-45)55(61)67-47-31-32-48(53-52(47)37(4)51(54(58-53)57(63)64-5)44-12-8-11-36(3)35-44)68-56(62)43-25-29-46(30-26-43)66-50(60)34-22-41-19-15-39(10-7-2)16-20-41/h8,11-20,31-32,35,42-43,45-46H,6-7,9-10,21-30,33-34H2,1-5H3/t42-,43-,45-,46-. The van der Waals surface area contributed by atoms with Crippen molar-refractivity contribution in [1.29, 1.82) is 0 Å². The van der Waals surface area contributed by atoms with E-state index in [1.165, 1.54) is 18.2 Å². The molecule has 1 heterocycles. The van der Waals surface area contributed by atoms with Crippen LogP contribution in [-0.4, -0.2) is 54.1 Å². The van der Waals surface area contributed by atoms with Gasteiger partial charge in [0.2, 0.25) is 0 Å². The normalized spacial score (nSPS) is 18.1. The zero-order valence-corrected chi connectivity index (χ0v) is 40.2. The maximum Gasteiger partial charge on any atom is 0.357 e. The summed E-state index contributed by atoms with van der Waals surface area (Å²) in [6, 6.07) is 27.5. The number of esters is 5. The Morgan fingerprint density at radius 3 is 1.49 bits per heavy atom. The van der Waals surface area contributed by atoms with E-state index in [-0.39, 0.29) is 59.7 Å². The highest BCUT2D eigenvalue weighted by Crippen LogP contribution is 2.42. The molecule has 7 rings (SSSR count). The molecule has 0 spiro atoms. The summed E-state index contributed by atoms with van der Waals surface area (Å²) in [5, 5.41) is 0.419. The Bertz CT molecular complexity index is 2570. The third-order valence-corrected chi connectivity index (χ3v) is 13.4. The molecule has 5 aromatic rings. The van der Waals surface area contributed by atoms with Gasteiger partial charge in [0.05, 0.1) is 24.3 Å². The van der Waals surface area contributed by atoms with Gasteiger partial charge in [-0.05, 0) is 136 Å². The summed E-state index contributed by atoms with van der Waals surface area (Å²) in [6.07, 6.45) is 9.47. The van der Waals surface area contributed by atoms with Gasteiger partial charge in [0.25, 0.3) is 0 Å². The van der Waals surface area contributed by atoms with Crippen LogP contribution in [0.3, 0.4) is 0 Å². The van der Waals surface area contributed by atoms with Crippen molar-refractivity contribution < 1.29 is 47.7 Å². The fraction of sp³-hybridized carbons (Fsp3) is 0.439. The Hall–Kier alpha value is -6.36. The number of carbonyl (C=O) groups excluding carboxylic acids is 5. The van der Waals surface area contributed by atoms with Crippen molar-refractivity contribution in [2.24, 2.45) is 11.8 Å². The molecule has 358 valence electrons. The molecule has 2 saturated carbocycles. The molecule has 0 saturated heterocycles. The van der Waals surface area contributed by atoms with Crippen LogP contribution < -0.4 is 9.47 Å². The first-order valence-corrected chi connectivity index (χ1v) is 24.5. The smallest absolute Gasteiger partial charge is 0.357 e. The van der Waals surface area contributed by atoms with Gasteiger partial charge >= 0.3 is 29.8 Å². The van der Waals surface area contributed by atoms with Crippen molar-refractivity contribution in [2.45, 2.75) is 143 Å². The number of rotatable bonds is 18. The van der Waals surface area contributed by atoms with Gasteiger partial charge in [-0.15, -0.1) is 0 Å². The SMILES string of the molecule is CCCc1ccc(CCC(=O)O[C@H]2CC[C@H](C(=O)Oc3ccc(OC(=O)[C@H]4CC[C@H](OC(=O)CCc5ccc(CCC)cc5)CC4)c4c(C)c(-c5cccc(C)c5)c(C(=O)OC)nc34)CC2)cc1. The molecule has 11 heteroatoms. The van der Waals surface area contributed by atoms with Crippen LogP contribution >= 0.6 is 0 Å². The van der Waals surface area contributed by atoms with E-state index in [1.807, 2.05) is 38.1 Å². The summed E-state index contributed by atoms with van der Waals surface area (Å²) in [7, 11) is 1.28. The van der Waals surface area contributed by atoms with Crippen molar-refractivity contribution in [1.82, 2.24) is 4.98 Å². The van der Waals surface area contributed by atoms with E-state index in [1.54, 1.807) is 12.1 Å². The highest BCUT2D eigenvalue weighted by atomic mass is 16.6. The monoisotopic (exact) mass is 923 g/mol. The number of pyridine rings is 1. The second-order valence-corrected chi connectivity index (χ2v) is 18.5. The number of nitrogens with zero attached hydrogens (tertiary/aromatic N) is 1. The van der Waals surface area contributed by atoms with E-state index < -0.39 is 29.7 Å². The van der Waals surface area contributed by atoms with Crippen LogP contribution in [0.1, 0.15) is 135 Å². The summed E-state index contributed by atoms with van der Waals surface area (Å²) in [4.78, 5) is 71.7. The van der Waals surface area contributed by atoms with Crippen LogP contribution in [0, 0.1) is 25.7 Å². The third-order valence-electron chi connectivity index (χ3n) is 13.4. The summed E-state index contributed by atoms with van der Waals surface area (Å²) in [6.45, 7) is 8.08. The third kappa shape index (κ3) is 12.8. The van der Waals surface area contributed by atoms with Crippen molar-refractivity contribution in [3.63, 3.8) is 0 Å². The number of benzene rings is 4. The number of hydrogen-bond acceptors (Lipinski definition) is 11. The zero-order chi connectivity index (χ0) is 48.2. The molecule has 1 aromatic heterocycles. The maximum absolute atomic E-state index is 14.0. The Labute approximate surface area is 400 Å². The molecule has 68 heavy (non-hydrogen) atoms. The first-order valence-electron chi connectivity index (χ1n) is 24.5. The van der Waals surface area contributed by atoms with Gasteiger partial charge in [-0.25, -0.2) is 9.78 Å². The number of aryl methyl sites for hydroxylation is 6. The number of ether oxygens (including phenoxy) is 5. The first-order chi connectivity index (χ1) is 32.9. The Morgan fingerprint density at radius 2 is 1.03 bits per heavy atom. The largest absolute Gasteiger partial charge is 0.464 e. The second-order valence-electron chi connectivity index (χ2n) is 18.5. The second kappa shape index (κ2) is 23.6. The summed E-state index contributed by atoms with van der Waals surface area (Å²) in [5.74, 6) is -2.64. The topological polar surface area (TPSA) is 144 Å². The van der Waals surface area contributed by atoms with Crippen LogP contribution in [0.15, 0.2) is 84.9 Å². The first kappa shape index (κ1) is 49.5. The molecule has 0 amide bonds. The van der Waals surface area contributed by atoms with Gasteiger partial charge in [0.1, 0.15) is 23.5 Å². The number of fused-ring (bicyclic) bond motifs is 1. The lowest BCUT2D eigenvalue weighted by Crippen LogP contribution is -2.30. The van der Waals surface area contributed by atoms with E-state index in [0.29, 0.717) is 86.3 Å². The van der Waals surface area contributed by atoms with Gasteiger partial charge in [-0.2, -0.15) is 0 Å². The molecule has 2 aliphatic carbocycles. The van der Waals surface area contributed by atoms with Crippen LogP contribution in [0.25, 0.3) is 22.0 Å². The maximum atomic E-state index is 14.0. The van der Waals surface area contributed by atoms with E-state index in [2.05, 4.69) is 62.4 Å². The molecule has 0 atom stereocenters. The Morgan fingerprint density at radius 1 is 0.574 bits per heavy atom. The molecule has 4 aromatic carbocycles. The molecule has 2 fully saturated rings. The minimum absolute atomic E-state index is 0.0254. The number of aromatic nitrogens is 1. The van der Waals surface area contributed by atoms with Crippen molar-refractivity contribution in [2.75, 3.05) is 7.11 Å². The predicted octanol–water partition coefficient (Wildman–Crippen LogP) is 11.5. The molecule has 11 nitrogen and oxygen atoms in total. The molecular weight excluding hydrogens is 859 g/mol. The summed E-state index contributed by atoms with van der Waals surface area (Å²) < 4.78 is 29.2. The molecule has 2 aliphatic rings. The summed E-state index contributed by atoms with van der Waals surface area (Å²) in [5.41, 5.74) is 7.73. The van der Waals surface area contributed by atoms with E-state index in [9.17, 15) is 24.0 Å². The molecule has 0 N–H and O–H groups in total. The van der Waals surface area contributed by atoms with Gasteiger partial charge < -0.3 is 23.7 Å². The number of hydrogen-bond donors (Lipinski definition) is 0. The van der Waals surface area contributed by atoms with Crippen molar-refractivity contribution in [3.05, 3.63) is 124 Å². The van der Waals surface area contributed by atoms with E-state index >= 15 is 0 Å². The van der Waals surface area contributed by atoms with E-state index in [0.717, 1.165) is 42.4 Å². The Kier molecular flexibility index (Phi) is 17.2. The highest BCUT2D eigenvalue weighted by Gasteiger charge is 2.33. The minimum atomic E-state index is -0.678. The average molecular weight is 924 g/mol. The molecule has 0 aliphatic heterocycles. The molecule has 0 radical (unpaired) electrons. The van der Waals surface area contributed by atoms with Crippen molar-refractivity contribution >= 4 is 40.7 Å². The quantitative estimate of drug-likeness (QED) is 0.0470. The van der Waals surface area contributed by atoms with Gasteiger partial charge in [0.15, 0.2) is 11.4 Å². The van der Waals surface area contributed by atoms with E-state index in [4.69, 9.17) is 28.7 Å². The molecular formula is C57H65NO10. The van der Waals surface area contributed by atoms with Crippen LogP contribution in [0.5, 0.6) is 11.5 Å². The lowest BCUT2D eigenvalue weighted by molar-refractivity contribution is -0.153. The number of carbonyl (C=O) groups is 5. The fourth-order valence-electron chi connectivity index (χ4n) is 9.58. The minimum Gasteiger partial charge on any atom is -0.464 e. The highest BCUT2D eigenvalue weighted by molar-refractivity contribution is 6.05. The lowest BCUT2D eigenvalue weighted by atomic mass is 9.87. The fourth-order valence-corrected chi connectivity index (χ4v) is 9.58. The molecule has 0 bridgehead atoms. The molecule has 0 unspecified atom stereocenters. The summed E-state index contributed by atoms with van der Waals surface area (Å²) >= 11 is 0. The Balaban J connectivity index is 1.02. The predicted molar refractivity (Wildman–Crippen MR) is 260 cm³/mol. The van der Waals surface area contributed by atoms with Gasteiger partial charge in [-0.1, -0.05) is 105 Å². The lowest BCUT2D eigenvalue weighted by Gasteiger charge is -2.28. The van der Waals surface area contributed by atoms with Crippen LogP contribution in [0.4, 0.5) is 0 Å². The van der Waals surface area contributed by atoms with Crippen molar-refractivity contribution in [3.8, 4) is 22.6 Å². The number of methoxy groups -OCH3 is 1. The van der Waals surface area contributed by atoms with Crippen LogP contribution in [0.2, 0.25) is 0 Å².